The van der Waals surface area contributed by atoms with Gasteiger partial charge in [0.1, 0.15) is 5.82 Å². The highest BCUT2D eigenvalue weighted by Gasteiger charge is 2.17. The fraction of sp³-hybridized carbons (Fsp3) is 0.0588. The van der Waals surface area contributed by atoms with Gasteiger partial charge in [-0.1, -0.05) is 48.0 Å². The summed E-state index contributed by atoms with van der Waals surface area (Å²) in [5, 5.41) is 9.87. The summed E-state index contributed by atoms with van der Waals surface area (Å²) < 4.78 is 1.76. The van der Waals surface area contributed by atoms with Gasteiger partial charge in [0.05, 0.1) is 5.69 Å². The molecule has 3 aromatic rings. The topological polar surface area (TPSA) is 55.1 Å². The Labute approximate surface area is 132 Å². The molecule has 0 saturated carbocycles. The number of halogens is 1. The molecule has 5 heteroatoms. The van der Waals surface area contributed by atoms with Crippen LogP contribution in [-0.2, 0) is 0 Å². The minimum absolute atomic E-state index is 0.00164. The molecule has 1 heterocycles. The summed E-state index contributed by atoms with van der Waals surface area (Å²) in [6, 6.07) is 15.0. The first kappa shape index (κ1) is 14.4. The van der Waals surface area contributed by atoms with Crippen LogP contribution in [0.1, 0.15) is 16.1 Å². The first-order valence-corrected chi connectivity index (χ1v) is 7.09. The Bertz CT molecular complexity index is 841. The van der Waals surface area contributed by atoms with Crippen LogP contribution in [0.25, 0.3) is 17.1 Å². The summed E-state index contributed by atoms with van der Waals surface area (Å²) >= 11 is 6.18. The molecule has 0 aliphatic carbocycles. The van der Waals surface area contributed by atoms with Gasteiger partial charge in [0, 0.05) is 16.8 Å². The van der Waals surface area contributed by atoms with E-state index < -0.39 is 5.97 Å². The van der Waals surface area contributed by atoms with Gasteiger partial charge >= 0.3 is 5.97 Å². The molecule has 0 saturated heterocycles. The van der Waals surface area contributed by atoms with E-state index in [4.69, 9.17) is 11.6 Å². The predicted octanol–water partition coefficient (Wildman–Crippen LogP) is 4.20. The maximum Gasteiger partial charge on any atom is 0.356 e. The van der Waals surface area contributed by atoms with E-state index in [9.17, 15) is 9.90 Å². The van der Waals surface area contributed by atoms with E-state index in [0.717, 1.165) is 16.8 Å². The predicted molar refractivity (Wildman–Crippen MR) is 85.7 cm³/mol. The Morgan fingerprint density at radius 1 is 1.14 bits per heavy atom. The highest BCUT2D eigenvalue weighted by atomic mass is 35.5. The number of benzene rings is 2. The minimum atomic E-state index is -1.06. The second-order valence-electron chi connectivity index (χ2n) is 4.87. The smallest absolute Gasteiger partial charge is 0.356 e. The van der Waals surface area contributed by atoms with Crippen molar-refractivity contribution in [2.24, 2.45) is 0 Å². The van der Waals surface area contributed by atoms with E-state index in [-0.39, 0.29) is 5.69 Å². The van der Waals surface area contributed by atoms with Crippen LogP contribution < -0.4 is 0 Å². The number of rotatable bonds is 3. The molecule has 4 nitrogen and oxygen atoms in total. The van der Waals surface area contributed by atoms with Crippen molar-refractivity contribution in [1.82, 2.24) is 9.55 Å². The monoisotopic (exact) mass is 312 g/mol. The fourth-order valence-electron chi connectivity index (χ4n) is 2.31. The SMILES string of the molecule is Cc1c(Cl)cccc1-n1cc(C(=O)O)nc1-c1ccccc1. The average Bonchev–Trinajstić information content (AvgIpc) is 2.96. The summed E-state index contributed by atoms with van der Waals surface area (Å²) in [6.45, 7) is 1.90. The lowest BCUT2D eigenvalue weighted by Crippen LogP contribution is -1.99. The lowest BCUT2D eigenvalue weighted by atomic mass is 10.1. The number of nitrogens with zero attached hydrogens (tertiary/aromatic N) is 2. The molecule has 0 aliphatic heterocycles. The molecule has 0 bridgehead atoms. The van der Waals surface area contributed by atoms with Crippen LogP contribution in [-0.4, -0.2) is 20.6 Å². The van der Waals surface area contributed by atoms with Crippen LogP contribution in [0, 0.1) is 6.92 Å². The van der Waals surface area contributed by atoms with Gasteiger partial charge < -0.3 is 5.11 Å². The maximum absolute atomic E-state index is 11.3. The lowest BCUT2D eigenvalue weighted by molar-refractivity contribution is 0.0691. The normalized spacial score (nSPS) is 10.6. The van der Waals surface area contributed by atoms with Crippen molar-refractivity contribution in [3.63, 3.8) is 0 Å². The van der Waals surface area contributed by atoms with Crippen LogP contribution in [0.5, 0.6) is 0 Å². The van der Waals surface area contributed by atoms with Gasteiger partial charge in [-0.3, -0.25) is 4.57 Å². The van der Waals surface area contributed by atoms with Gasteiger partial charge in [-0.2, -0.15) is 0 Å². The zero-order chi connectivity index (χ0) is 15.7. The molecule has 1 N–H and O–H groups in total. The van der Waals surface area contributed by atoms with Crippen molar-refractivity contribution in [2.75, 3.05) is 0 Å². The van der Waals surface area contributed by atoms with E-state index in [1.807, 2.05) is 49.4 Å². The molecular weight excluding hydrogens is 300 g/mol. The molecule has 0 spiro atoms. The van der Waals surface area contributed by atoms with Crippen molar-refractivity contribution in [3.8, 4) is 17.1 Å². The number of hydrogen-bond donors (Lipinski definition) is 1. The molecule has 0 radical (unpaired) electrons. The molecule has 3 rings (SSSR count). The van der Waals surface area contributed by atoms with Crippen molar-refractivity contribution in [1.29, 1.82) is 0 Å². The van der Waals surface area contributed by atoms with Gasteiger partial charge in [0.2, 0.25) is 0 Å². The van der Waals surface area contributed by atoms with Gasteiger partial charge in [-0.15, -0.1) is 0 Å². The Kier molecular flexibility index (Phi) is 3.69. The molecule has 0 fully saturated rings. The summed E-state index contributed by atoms with van der Waals surface area (Å²) in [6.07, 6.45) is 1.52. The third-order valence-electron chi connectivity index (χ3n) is 3.46. The van der Waals surface area contributed by atoms with Crippen molar-refractivity contribution < 1.29 is 9.90 Å². The van der Waals surface area contributed by atoms with Crippen molar-refractivity contribution >= 4 is 17.6 Å². The Balaban J connectivity index is 2.26. The first-order chi connectivity index (χ1) is 10.6. The quantitative estimate of drug-likeness (QED) is 0.788. The maximum atomic E-state index is 11.3. The Morgan fingerprint density at radius 2 is 1.86 bits per heavy atom. The van der Waals surface area contributed by atoms with Crippen LogP contribution in [0.4, 0.5) is 0 Å². The highest BCUT2D eigenvalue weighted by Crippen LogP contribution is 2.28. The second kappa shape index (κ2) is 5.66. The second-order valence-corrected chi connectivity index (χ2v) is 5.28. The van der Waals surface area contributed by atoms with E-state index in [0.29, 0.717) is 10.8 Å². The van der Waals surface area contributed by atoms with Crippen molar-refractivity contribution in [2.45, 2.75) is 6.92 Å². The Hall–Kier alpha value is -2.59. The number of hydrogen-bond acceptors (Lipinski definition) is 2. The zero-order valence-corrected chi connectivity index (χ0v) is 12.6. The Morgan fingerprint density at radius 3 is 2.55 bits per heavy atom. The number of aromatic carboxylic acids is 1. The molecule has 0 atom stereocenters. The third kappa shape index (κ3) is 2.49. The molecule has 22 heavy (non-hydrogen) atoms. The summed E-state index contributed by atoms with van der Waals surface area (Å²) in [4.78, 5) is 15.5. The van der Waals surface area contributed by atoms with Gasteiger partial charge in [0.15, 0.2) is 5.69 Å². The molecule has 110 valence electrons. The van der Waals surface area contributed by atoms with Crippen LogP contribution >= 0.6 is 11.6 Å². The number of aromatic nitrogens is 2. The van der Waals surface area contributed by atoms with Crippen LogP contribution in [0.3, 0.4) is 0 Å². The summed E-state index contributed by atoms with van der Waals surface area (Å²) in [7, 11) is 0. The first-order valence-electron chi connectivity index (χ1n) is 6.71. The van der Waals surface area contributed by atoms with E-state index in [1.54, 1.807) is 10.6 Å². The molecular formula is C17H13ClN2O2. The standard InChI is InChI=1S/C17H13ClN2O2/c1-11-13(18)8-5-9-15(11)20-10-14(17(21)22)19-16(20)12-6-3-2-4-7-12/h2-10H,1H3,(H,21,22). The minimum Gasteiger partial charge on any atom is -0.476 e. The highest BCUT2D eigenvalue weighted by molar-refractivity contribution is 6.31. The number of carboxylic acid groups (broad SMARTS) is 1. The molecule has 2 aromatic carbocycles. The summed E-state index contributed by atoms with van der Waals surface area (Å²) in [5.74, 6) is -0.487. The number of carboxylic acids is 1. The zero-order valence-electron chi connectivity index (χ0n) is 11.8. The van der Waals surface area contributed by atoms with E-state index >= 15 is 0 Å². The number of imidazole rings is 1. The van der Waals surface area contributed by atoms with Gasteiger partial charge in [-0.25, -0.2) is 9.78 Å². The van der Waals surface area contributed by atoms with E-state index in [2.05, 4.69) is 4.98 Å². The molecule has 0 aliphatic rings. The molecule has 0 unspecified atom stereocenters. The van der Waals surface area contributed by atoms with E-state index in [1.165, 1.54) is 6.20 Å². The van der Waals surface area contributed by atoms with Gasteiger partial charge in [-0.05, 0) is 24.6 Å². The average molecular weight is 313 g/mol. The van der Waals surface area contributed by atoms with Crippen molar-refractivity contribution in [3.05, 3.63) is 71.0 Å². The third-order valence-corrected chi connectivity index (χ3v) is 3.87. The van der Waals surface area contributed by atoms with Crippen LogP contribution in [0.2, 0.25) is 5.02 Å². The van der Waals surface area contributed by atoms with Crippen LogP contribution in [0.15, 0.2) is 54.7 Å². The number of carbonyl (C=O) groups is 1. The largest absolute Gasteiger partial charge is 0.476 e. The fourth-order valence-corrected chi connectivity index (χ4v) is 2.48. The van der Waals surface area contributed by atoms with Gasteiger partial charge in [0.25, 0.3) is 0 Å². The lowest BCUT2D eigenvalue weighted by Gasteiger charge is -2.11. The molecule has 1 aromatic heterocycles. The molecule has 0 amide bonds. The summed E-state index contributed by atoms with van der Waals surface area (Å²) in [5.41, 5.74) is 2.52.